The van der Waals surface area contributed by atoms with Crippen LogP contribution in [0.5, 0.6) is 0 Å². The summed E-state index contributed by atoms with van der Waals surface area (Å²) in [6, 6.07) is 10.3. The molecule has 0 unspecified atom stereocenters. The fourth-order valence-corrected chi connectivity index (χ4v) is 2.05. The van der Waals surface area contributed by atoms with Crippen molar-refractivity contribution in [1.82, 2.24) is 9.38 Å². The molecule has 0 saturated carbocycles. The van der Waals surface area contributed by atoms with Crippen LogP contribution >= 0.6 is 0 Å². The van der Waals surface area contributed by atoms with Gasteiger partial charge in [-0.1, -0.05) is 0 Å². The van der Waals surface area contributed by atoms with E-state index in [1.807, 2.05) is 0 Å². The summed E-state index contributed by atoms with van der Waals surface area (Å²) in [5, 5.41) is 2.80. The molecule has 1 amide bonds. The molecule has 1 aromatic carbocycles. The summed E-state index contributed by atoms with van der Waals surface area (Å²) in [6.07, 6.45) is 5.19. The van der Waals surface area contributed by atoms with Crippen molar-refractivity contribution in [3.8, 4) is 0 Å². The molecule has 21 heavy (non-hydrogen) atoms. The van der Waals surface area contributed by atoms with Gasteiger partial charge in [0.15, 0.2) is 5.78 Å². The van der Waals surface area contributed by atoms with E-state index in [-0.39, 0.29) is 11.7 Å². The highest BCUT2D eigenvalue weighted by Gasteiger charge is 2.08. The van der Waals surface area contributed by atoms with Crippen molar-refractivity contribution in [2.24, 2.45) is 0 Å². The zero-order chi connectivity index (χ0) is 14.8. The van der Waals surface area contributed by atoms with Gasteiger partial charge in [-0.25, -0.2) is 4.98 Å². The third-order valence-corrected chi connectivity index (χ3v) is 3.20. The molecule has 0 spiro atoms. The van der Waals surface area contributed by atoms with E-state index >= 15 is 0 Å². The Hall–Kier alpha value is -2.95. The first-order valence-electron chi connectivity index (χ1n) is 6.48. The predicted molar refractivity (Wildman–Crippen MR) is 79.6 cm³/mol. The van der Waals surface area contributed by atoms with E-state index < -0.39 is 0 Å². The molecule has 0 saturated heterocycles. The number of carbonyl (C=O) groups is 2. The standard InChI is InChI=1S/C16H13N3O2/c1-11(20)12-2-5-14(6-3-12)18-16(21)13-4-7-15-17-8-9-19(15)10-13/h2-10H,1H3,(H,18,21). The lowest BCUT2D eigenvalue weighted by molar-refractivity contribution is 0.101. The van der Waals surface area contributed by atoms with E-state index in [0.29, 0.717) is 16.8 Å². The molecule has 2 heterocycles. The summed E-state index contributed by atoms with van der Waals surface area (Å²) in [7, 11) is 0. The number of Topliss-reactive ketones (excluding diaryl/α,β-unsaturated/α-hetero) is 1. The van der Waals surface area contributed by atoms with Crippen LogP contribution in [0, 0.1) is 0 Å². The summed E-state index contributed by atoms with van der Waals surface area (Å²) in [5.74, 6) is -0.209. The quantitative estimate of drug-likeness (QED) is 0.750. The van der Waals surface area contributed by atoms with Crippen LogP contribution in [0.4, 0.5) is 5.69 Å². The lowest BCUT2D eigenvalue weighted by atomic mass is 10.1. The Morgan fingerprint density at radius 1 is 1.05 bits per heavy atom. The molecule has 0 aliphatic heterocycles. The number of anilines is 1. The molecule has 3 rings (SSSR count). The largest absolute Gasteiger partial charge is 0.322 e. The van der Waals surface area contributed by atoms with Gasteiger partial charge in [0, 0.05) is 29.8 Å². The monoisotopic (exact) mass is 279 g/mol. The summed E-state index contributed by atoms with van der Waals surface area (Å²) < 4.78 is 1.79. The zero-order valence-corrected chi connectivity index (χ0v) is 11.4. The van der Waals surface area contributed by atoms with E-state index in [9.17, 15) is 9.59 Å². The maximum Gasteiger partial charge on any atom is 0.257 e. The Kier molecular flexibility index (Phi) is 3.23. The van der Waals surface area contributed by atoms with Crippen molar-refractivity contribution in [2.75, 3.05) is 5.32 Å². The summed E-state index contributed by atoms with van der Waals surface area (Å²) in [5.41, 5.74) is 2.59. The molecule has 2 aromatic heterocycles. The van der Waals surface area contributed by atoms with Crippen LogP contribution < -0.4 is 5.32 Å². The second-order valence-corrected chi connectivity index (χ2v) is 4.70. The van der Waals surface area contributed by atoms with E-state index in [2.05, 4.69) is 10.3 Å². The second kappa shape index (κ2) is 5.20. The fraction of sp³-hybridized carbons (Fsp3) is 0.0625. The molecule has 104 valence electrons. The van der Waals surface area contributed by atoms with Crippen LogP contribution in [0.2, 0.25) is 0 Å². The van der Waals surface area contributed by atoms with E-state index in [4.69, 9.17) is 0 Å². The number of carbonyl (C=O) groups excluding carboxylic acids is 2. The first kappa shape index (κ1) is 13.1. The molecule has 5 heteroatoms. The van der Waals surface area contributed by atoms with Crippen molar-refractivity contribution in [3.63, 3.8) is 0 Å². The number of imidazole rings is 1. The molecule has 5 nitrogen and oxygen atoms in total. The molecule has 0 fully saturated rings. The normalized spacial score (nSPS) is 10.5. The maximum absolute atomic E-state index is 12.2. The van der Waals surface area contributed by atoms with Crippen molar-refractivity contribution in [1.29, 1.82) is 0 Å². The SMILES string of the molecule is CC(=O)c1ccc(NC(=O)c2ccc3nccn3c2)cc1. The number of rotatable bonds is 3. The highest BCUT2D eigenvalue weighted by molar-refractivity contribution is 6.04. The van der Waals surface area contributed by atoms with Gasteiger partial charge in [-0.05, 0) is 43.3 Å². The Morgan fingerprint density at radius 2 is 1.76 bits per heavy atom. The number of fused-ring (bicyclic) bond motifs is 1. The van der Waals surface area contributed by atoms with Gasteiger partial charge in [0.25, 0.3) is 5.91 Å². The van der Waals surface area contributed by atoms with Crippen molar-refractivity contribution >= 4 is 23.0 Å². The van der Waals surface area contributed by atoms with Crippen molar-refractivity contribution in [2.45, 2.75) is 6.92 Å². The summed E-state index contributed by atoms with van der Waals surface area (Å²) >= 11 is 0. The minimum Gasteiger partial charge on any atom is -0.322 e. The predicted octanol–water partition coefficient (Wildman–Crippen LogP) is 2.79. The van der Waals surface area contributed by atoms with E-state index in [1.54, 1.807) is 59.4 Å². The number of nitrogens with one attached hydrogen (secondary N) is 1. The van der Waals surface area contributed by atoms with Gasteiger partial charge in [0.05, 0.1) is 5.56 Å². The topological polar surface area (TPSA) is 63.5 Å². The Balaban J connectivity index is 1.80. The molecular weight excluding hydrogens is 266 g/mol. The number of benzene rings is 1. The Morgan fingerprint density at radius 3 is 2.48 bits per heavy atom. The van der Waals surface area contributed by atoms with Gasteiger partial charge in [-0.15, -0.1) is 0 Å². The molecule has 0 bridgehead atoms. The molecular formula is C16H13N3O2. The molecule has 0 radical (unpaired) electrons. The van der Waals surface area contributed by atoms with Gasteiger partial charge in [-0.3, -0.25) is 9.59 Å². The van der Waals surface area contributed by atoms with Crippen LogP contribution in [0.15, 0.2) is 55.0 Å². The Bertz CT molecular complexity index is 819. The van der Waals surface area contributed by atoms with E-state index in [0.717, 1.165) is 5.65 Å². The Labute approximate surface area is 121 Å². The van der Waals surface area contributed by atoms with Crippen LogP contribution in [0.1, 0.15) is 27.6 Å². The lowest BCUT2D eigenvalue weighted by Crippen LogP contribution is -2.12. The van der Waals surface area contributed by atoms with Gasteiger partial charge in [0.1, 0.15) is 5.65 Å². The van der Waals surface area contributed by atoms with Crippen LogP contribution in [-0.4, -0.2) is 21.1 Å². The van der Waals surface area contributed by atoms with Crippen molar-refractivity contribution < 1.29 is 9.59 Å². The number of nitrogens with zero attached hydrogens (tertiary/aromatic N) is 2. The average molecular weight is 279 g/mol. The molecule has 0 aliphatic rings. The number of hydrogen-bond acceptors (Lipinski definition) is 3. The number of ketones is 1. The minimum absolute atomic E-state index is 0.00145. The van der Waals surface area contributed by atoms with Crippen LogP contribution in [0.3, 0.4) is 0 Å². The summed E-state index contributed by atoms with van der Waals surface area (Å²) in [6.45, 7) is 1.51. The highest BCUT2D eigenvalue weighted by atomic mass is 16.1. The number of amides is 1. The fourth-order valence-electron chi connectivity index (χ4n) is 2.05. The van der Waals surface area contributed by atoms with Gasteiger partial charge < -0.3 is 9.72 Å². The number of hydrogen-bond donors (Lipinski definition) is 1. The van der Waals surface area contributed by atoms with Crippen LogP contribution in [-0.2, 0) is 0 Å². The first-order chi connectivity index (χ1) is 10.1. The smallest absolute Gasteiger partial charge is 0.257 e. The van der Waals surface area contributed by atoms with Crippen LogP contribution in [0.25, 0.3) is 5.65 Å². The molecule has 0 atom stereocenters. The van der Waals surface area contributed by atoms with Gasteiger partial charge >= 0.3 is 0 Å². The third-order valence-electron chi connectivity index (χ3n) is 3.20. The maximum atomic E-state index is 12.2. The second-order valence-electron chi connectivity index (χ2n) is 4.70. The highest BCUT2D eigenvalue weighted by Crippen LogP contribution is 2.12. The lowest BCUT2D eigenvalue weighted by Gasteiger charge is -2.06. The number of pyridine rings is 1. The zero-order valence-electron chi connectivity index (χ0n) is 11.4. The average Bonchev–Trinajstić information content (AvgIpc) is 2.95. The minimum atomic E-state index is -0.207. The molecule has 1 N–H and O–H groups in total. The number of aromatic nitrogens is 2. The molecule has 0 aliphatic carbocycles. The van der Waals surface area contributed by atoms with Gasteiger partial charge in [0.2, 0.25) is 0 Å². The van der Waals surface area contributed by atoms with Gasteiger partial charge in [-0.2, -0.15) is 0 Å². The third kappa shape index (κ3) is 2.67. The van der Waals surface area contributed by atoms with E-state index in [1.165, 1.54) is 6.92 Å². The molecule has 3 aromatic rings. The summed E-state index contributed by atoms with van der Waals surface area (Å²) in [4.78, 5) is 27.5. The van der Waals surface area contributed by atoms with Crippen molar-refractivity contribution in [3.05, 3.63) is 66.1 Å². The first-order valence-corrected chi connectivity index (χ1v) is 6.48.